The van der Waals surface area contributed by atoms with Crippen molar-refractivity contribution in [2.45, 2.75) is 56.5 Å². The van der Waals surface area contributed by atoms with E-state index < -0.39 is 11.6 Å². The molecule has 2 atom stereocenters. The standard InChI is InChI=1S/C18H27N4O4/c1-21-16(23)18(20-17(21)19,11-13-5-3-2-4-6-13)12-26-15-9-7-14(8-10-15)22(24)25/h7,9-10,13-14H,2-6,8,11-12H2,1H3,(H2,19,20)(H,24,25)/q+1. The summed E-state index contributed by atoms with van der Waals surface area (Å²) >= 11 is 0. The lowest BCUT2D eigenvalue weighted by atomic mass is 9.79. The number of nitrogens with one attached hydrogen (secondary N) is 2. The monoisotopic (exact) mass is 363 g/mol. The average Bonchev–Trinajstić information content (AvgIpc) is 2.85. The van der Waals surface area contributed by atoms with Gasteiger partial charge in [-0.05, 0) is 30.6 Å². The first kappa shape index (κ1) is 18.4. The maximum atomic E-state index is 12.8. The number of guanidine groups is 1. The molecule has 142 valence electrons. The molecule has 0 spiro atoms. The van der Waals surface area contributed by atoms with Crippen molar-refractivity contribution >= 4 is 11.9 Å². The van der Waals surface area contributed by atoms with E-state index in [1.165, 1.54) is 24.2 Å². The zero-order chi connectivity index (χ0) is 18.7. The van der Waals surface area contributed by atoms with E-state index in [4.69, 9.17) is 15.4 Å². The van der Waals surface area contributed by atoms with Crippen LogP contribution in [0.3, 0.4) is 0 Å². The summed E-state index contributed by atoms with van der Waals surface area (Å²) in [6.45, 7) is 0.135. The third-order valence-corrected chi connectivity index (χ3v) is 5.58. The molecule has 1 heterocycles. The fraction of sp³-hybridized carbons (Fsp3) is 0.667. The molecule has 3 rings (SSSR count). The molecule has 2 aliphatic carbocycles. The summed E-state index contributed by atoms with van der Waals surface area (Å²) in [7, 11) is 1.61. The highest BCUT2D eigenvalue weighted by Crippen LogP contribution is 2.34. The molecule has 2 fully saturated rings. The first-order chi connectivity index (χ1) is 12.4. The van der Waals surface area contributed by atoms with Crippen LogP contribution in [0, 0.1) is 16.2 Å². The van der Waals surface area contributed by atoms with Crippen molar-refractivity contribution in [1.29, 1.82) is 5.41 Å². The molecule has 8 nitrogen and oxygen atoms in total. The number of amides is 1. The lowest BCUT2D eigenvalue weighted by Crippen LogP contribution is -2.52. The smallest absolute Gasteiger partial charge is 0.279 e. The van der Waals surface area contributed by atoms with Gasteiger partial charge in [-0.15, -0.1) is 0 Å². The van der Waals surface area contributed by atoms with Crippen molar-refractivity contribution in [3.8, 4) is 0 Å². The van der Waals surface area contributed by atoms with E-state index in [0.29, 0.717) is 24.5 Å². The SMILES string of the molecule is CN1C(=N)NC(COC2=CCC([N+](=O)O)C=C2)(CC2CCCCC2)C1=O. The molecule has 0 aromatic rings. The highest BCUT2D eigenvalue weighted by molar-refractivity contribution is 6.07. The Kier molecular flexibility index (Phi) is 5.29. The largest absolute Gasteiger partial charge is 0.491 e. The summed E-state index contributed by atoms with van der Waals surface area (Å²) in [6.07, 6.45) is 11.8. The fourth-order valence-corrected chi connectivity index (χ4v) is 4.03. The van der Waals surface area contributed by atoms with Gasteiger partial charge < -0.3 is 10.1 Å². The molecule has 0 aromatic carbocycles. The molecule has 3 N–H and O–H groups in total. The third kappa shape index (κ3) is 3.73. The Morgan fingerprint density at radius 2 is 2.15 bits per heavy atom. The average molecular weight is 363 g/mol. The number of hydrogen-bond acceptors (Lipinski definition) is 4. The van der Waals surface area contributed by atoms with Gasteiger partial charge in [0.1, 0.15) is 12.4 Å². The van der Waals surface area contributed by atoms with Crippen molar-refractivity contribution in [2.24, 2.45) is 5.92 Å². The zero-order valence-electron chi connectivity index (χ0n) is 15.1. The molecule has 3 aliphatic rings. The van der Waals surface area contributed by atoms with Gasteiger partial charge in [-0.25, -0.2) is 5.21 Å². The van der Waals surface area contributed by atoms with Crippen LogP contribution in [0.25, 0.3) is 0 Å². The maximum Gasteiger partial charge on any atom is 0.279 e. The van der Waals surface area contributed by atoms with E-state index in [1.807, 2.05) is 0 Å². The van der Waals surface area contributed by atoms with Crippen LogP contribution in [0.2, 0.25) is 0 Å². The Morgan fingerprint density at radius 1 is 1.42 bits per heavy atom. The fourth-order valence-electron chi connectivity index (χ4n) is 4.03. The van der Waals surface area contributed by atoms with E-state index in [0.717, 1.165) is 12.8 Å². The van der Waals surface area contributed by atoms with Gasteiger partial charge in [0.15, 0.2) is 11.5 Å². The van der Waals surface area contributed by atoms with E-state index in [1.54, 1.807) is 25.3 Å². The lowest BCUT2D eigenvalue weighted by molar-refractivity contribution is -0.808. The maximum absolute atomic E-state index is 12.8. The van der Waals surface area contributed by atoms with E-state index >= 15 is 0 Å². The van der Waals surface area contributed by atoms with Crippen LogP contribution in [0.4, 0.5) is 0 Å². The molecule has 1 saturated heterocycles. The molecule has 8 heteroatoms. The predicted molar refractivity (Wildman–Crippen MR) is 94.5 cm³/mol. The van der Waals surface area contributed by atoms with Crippen LogP contribution in [0.5, 0.6) is 0 Å². The number of hydrogen-bond donors (Lipinski definition) is 3. The van der Waals surface area contributed by atoms with Crippen molar-refractivity contribution in [3.05, 3.63) is 28.9 Å². The number of likely N-dealkylation sites (N-methyl/N-ethyl adjacent to an activating group) is 1. The Hall–Kier alpha value is -2.38. The summed E-state index contributed by atoms with van der Waals surface area (Å²) in [4.78, 5) is 25.0. The van der Waals surface area contributed by atoms with Crippen molar-refractivity contribution in [2.75, 3.05) is 13.7 Å². The summed E-state index contributed by atoms with van der Waals surface area (Å²) in [5.41, 5.74) is -0.916. The number of carbonyl (C=O) groups excluding carboxylic acids is 1. The third-order valence-electron chi connectivity index (χ3n) is 5.58. The van der Waals surface area contributed by atoms with Gasteiger partial charge in [0.25, 0.3) is 11.9 Å². The van der Waals surface area contributed by atoms with Crippen LogP contribution in [0.1, 0.15) is 44.9 Å². The molecule has 0 bridgehead atoms. The number of ether oxygens (including phenoxy) is 1. The first-order valence-electron chi connectivity index (χ1n) is 9.22. The molecule has 1 aliphatic heterocycles. The minimum atomic E-state index is -0.916. The summed E-state index contributed by atoms with van der Waals surface area (Å²) < 4.78 is 5.87. The van der Waals surface area contributed by atoms with Crippen molar-refractivity contribution in [3.63, 3.8) is 0 Å². The van der Waals surface area contributed by atoms with Crippen molar-refractivity contribution < 1.29 is 19.7 Å². The van der Waals surface area contributed by atoms with Crippen LogP contribution >= 0.6 is 0 Å². The summed E-state index contributed by atoms with van der Waals surface area (Å²) in [6, 6.07) is -0.607. The van der Waals surface area contributed by atoms with Gasteiger partial charge in [0, 0.05) is 13.5 Å². The van der Waals surface area contributed by atoms with Gasteiger partial charge in [0.2, 0.25) is 4.92 Å². The zero-order valence-corrected chi connectivity index (χ0v) is 15.1. The minimum Gasteiger partial charge on any atom is -0.491 e. The van der Waals surface area contributed by atoms with Crippen LogP contribution in [-0.2, 0) is 9.53 Å². The van der Waals surface area contributed by atoms with Crippen LogP contribution < -0.4 is 5.32 Å². The molecular weight excluding hydrogens is 336 g/mol. The quantitative estimate of drug-likeness (QED) is 0.627. The Bertz CT molecular complexity index is 654. The molecule has 0 aromatic heterocycles. The van der Waals surface area contributed by atoms with Gasteiger partial charge in [-0.1, -0.05) is 32.1 Å². The van der Waals surface area contributed by atoms with Gasteiger partial charge >= 0.3 is 0 Å². The topological polar surface area (TPSA) is 106 Å². The highest BCUT2D eigenvalue weighted by Gasteiger charge is 2.50. The van der Waals surface area contributed by atoms with Crippen LogP contribution in [0.15, 0.2) is 24.0 Å². The van der Waals surface area contributed by atoms with Gasteiger partial charge in [-0.2, -0.15) is 0 Å². The molecule has 1 saturated carbocycles. The molecule has 2 unspecified atom stereocenters. The Balaban J connectivity index is 1.69. The Morgan fingerprint density at radius 3 is 2.69 bits per heavy atom. The van der Waals surface area contributed by atoms with E-state index in [9.17, 15) is 9.70 Å². The lowest BCUT2D eigenvalue weighted by Gasteiger charge is -2.33. The summed E-state index contributed by atoms with van der Waals surface area (Å²) in [5, 5.41) is 20.0. The van der Waals surface area contributed by atoms with Crippen molar-refractivity contribution in [1.82, 2.24) is 10.2 Å². The normalized spacial score (nSPS) is 29.5. The van der Waals surface area contributed by atoms with E-state index in [2.05, 4.69) is 5.32 Å². The number of nitrogens with zero attached hydrogens (tertiary/aromatic N) is 2. The first-order valence-corrected chi connectivity index (χ1v) is 9.22. The predicted octanol–water partition coefficient (Wildman–Crippen LogP) is 2.09. The number of carbonyl (C=O) groups is 1. The minimum absolute atomic E-state index is 0.0767. The second-order valence-electron chi connectivity index (χ2n) is 7.49. The summed E-state index contributed by atoms with van der Waals surface area (Å²) in [5.74, 6) is 0.992. The number of allylic oxidation sites excluding steroid dienone is 1. The number of rotatable bonds is 6. The highest BCUT2D eigenvalue weighted by atomic mass is 16.6. The van der Waals surface area contributed by atoms with Crippen LogP contribution in [-0.4, -0.2) is 52.1 Å². The van der Waals surface area contributed by atoms with Gasteiger partial charge in [-0.3, -0.25) is 15.1 Å². The second-order valence-corrected chi connectivity index (χ2v) is 7.49. The second kappa shape index (κ2) is 7.47. The molecular formula is C18H27N4O4+. The Labute approximate surface area is 152 Å². The molecule has 1 amide bonds. The van der Waals surface area contributed by atoms with E-state index in [-0.39, 0.29) is 23.4 Å². The van der Waals surface area contributed by atoms with Gasteiger partial charge in [0.05, 0.1) is 4.91 Å². The molecule has 26 heavy (non-hydrogen) atoms. The molecule has 0 radical (unpaired) electrons.